The molecule has 0 aliphatic rings. The van der Waals surface area contributed by atoms with Crippen LogP contribution in [-0.4, -0.2) is 24.2 Å². The Labute approximate surface area is 225 Å². The number of methoxy groups -OCH3 is 1. The fourth-order valence-corrected chi connectivity index (χ4v) is 4.08. The van der Waals surface area contributed by atoms with Gasteiger partial charge in [0.15, 0.2) is 16.6 Å². The van der Waals surface area contributed by atoms with Gasteiger partial charge in [-0.3, -0.25) is 4.79 Å². The maximum Gasteiger partial charge on any atom is 0.416 e. The first-order chi connectivity index (χ1) is 18.7. The summed E-state index contributed by atoms with van der Waals surface area (Å²) in [6.07, 6.45) is -3.08. The van der Waals surface area contributed by atoms with Crippen molar-refractivity contribution in [3.05, 3.63) is 100 Å². The molecule has 0 aliphatic heterocycles. The Hall–Kier alpha value is -4.45. The third-order valence-electron chi connectivity index (χ3n) is 5.23. The number of thiazole rings is 1. The SMILES string of the molecule is COc1cc(/C=N\NC(=O)Cc2csc(Nc3cccc(C(F)(F)F)c3)n2)ccc1OCc1ccc(F)cc1. The predicted molar refractivity (Wildman–Crippen MR) is 140 cm³/mol. The molecule has 4 rings (SSSR count). The molecule has 0 aliphatic carbocycles. The number of benzene rings is 3. The largest absolute Gasteiger partial charge is 0.493 e. The van der Waals surface area contributed by atoms with Gasteiger partial charge < -0.3 is 14.8 Å². The molecule has 0 fully saturated rings. The van der Waals surface area contributed by atoms with Gasteiger partial charge in [0.25, 0.3) is 0 Å². The monoisotopic (exact) mass is 558 g/mol. The number of carbonyl (C=O) groups excluding carboxylic acids is 1. The van der Waals surface area contributed by atoms with E-state index in [2.05, 4.69) is 20.8 Å². The molecule has 0 spiro atoms. The number of rotatable bonds is 10. The van der Waals surface area contributed by atoms with Crippen LogP contribution in [0.1, 0.15) is 22.4 Å². The highest BCUT2D eigenvalue weighted by Crippen LogP contribution is 2.32. The van der Waals surface area contributed by atoms with Crippen LogP contribution in [-0.2, 0) is 24.0 Å². The van der Waals surface area contributed by atoms with Gasteiger partial charge in [-0.25, -0.2) is 14.8 Å². The molecule has 0 atom stereocenters. The molecular weight excluding hydrogens is 536 g/mol. The van der Waals surface area contributed by atoms with Gasteiger partial charge in [0.2, 0.25) is 5.91 Å². The van der Waals surface area contributed by atoms with Crippen molar-refractivity contribution in [1.82, 2.24) is 10.4 Å². The fourth-order valence-electron chi connectivity index (χ4n) is 3.35. The van der Waals surface area contributed by atoms with Gasteiger partial charge in [-0.05, 0) is 59.7 Å². The number of hydrogen-bond donors (Lipinski definition) is 2. The Bertz CT molecular complexity index is 1460. The summed E-state index contributed by atoms with van der Waals surface area (Å²) in [6, 6.07) is 15.8. The summed E-state index contributed by atoms with van der Waals surface area (Å²) in [5.74, 6) is 0.194. The van der Waals surface area contributed by atoms with Crippen LogP contribution in [0.5, 0.6) is 11.5 Å². The number of nitrogens with one attached hydrogen (secondary N) is 2. The molecule has 7 nitrogen and oxygen atoms in total. The first-order valence-electron chi connectivity index (χ1n) is 11.5. The van der Waals surface area contributed by atoms with Crippen molar-refractivity contribution in [2.75, 3.05) is 12.4 Å². The summed E-state index contributed by atoms with van der Waals surface area (Å²) in [5.41, 5.74) is 3.75. The van der Waals surface area contributed by atoms with Gasteiger partial charge in [0.1, 0.15) is 12.4 Å². The van der Waals surface area contributed by atoms with Crippen molar-refractivity contribution in [1.29, 1.82) is 0 Å². The minimum Gasteiger partial charge on any atom is -0.493 e. The van der Waals surface area contributed by atoms with Crippen molar-refractivity contribution < 1.29 is 31.8 Å². The Morgan fingerprint density at radius 2 is 1.87 bits per heavy atom. The number of ether oxygens (including phenoxy) is 2. The second-order valence-corrected chi connectivity index (χ2v) is 9.00. The molecule has 0 unspecified atom stereocenters. The van der Waals surface area contributed by atoms with E-state index in [0.717, 1.165) is 29.0 Å². The third kappa shape index (κ3) is 8.01. The second-order valence-electron chi connectivity index (χ2n) is 8.14. The first-order valence-corrected chi connectivity index (χ1v) is 12.3. The Kier molecular flexibility index (Phi) is 8.77. The van der Waals surface area contributed by atoms with Crippen molar-refractivity contribution in [3.8, 4) is 11.5 Å². The topological polar surface area (TPSA) is 84.8 Å². The third-order valence-corrected chi connectivity index (χ3v) is 6.04. The van der Waals surface area contributed by atoms with E-state index in [1.165, 1.54) is 37.6 Å². The molecule has 202 valence electrons. The van der Waals surface area contributed by atoms with Crippen LogP contribution in [0.25, 0.3) is 0 Å². The highest BCUT2D eigenvalue weighted by molar-refractivity contribution is 7.13. The number of amides is 1. The summed E-state index contributed by atoms with van der Waals surface area (Å²) in [4.78, 5) is 16.5. The average molecular weight is 559 g/mol. The summed E-state index contributed by atoms with van der Waals surface area (Å²) in [6.45, 7) is 0.230. The molecule has 1 amide bonds. The highest BCUT2D eigenvalue weighted by Gasteiger charge is 2.30. The van der Waals surface area contributed by atoms with E-state index in [1.54, 1.807) is 35.7 Å². The number of anilines is 2. The molecule has 0 saturated carbocycles. The van der Waals surface area contributed by atoms with Crippen LogP contribution in [0.2, 0.25) is 0 Å². The molecule has 1 heterocycles. The molecule has 39 heavy (non-hydrogen) atoms. The Morgan fingerprint density at radius 1 is 1.08 bits per heavy atom. The zero-order valence-electron chi connectivity index (χ0n) is 20.5. The lowest BCUT2D eigenvalue weighted by Crippen LogP contribution is -2.19. The summed E-state index contributed by atoms with van der Waals surface area (Å²) in [7, 11) is 1.49. The van der Waals surface area contributed by atoms with Crippen LogP contribution in [0.15, 0.2) is 77.2 Å². The van der Waals surface area contributed by atoms with Crippen molar-refractivity contribution >= 4 is 34.3 Å². The lowest BCUT2D eigenvalue weighted by molar-refractivity contribution is -0.137. The summed E-state index contributed by atoms with van der Waals surface area (Å²) in [5, 5.41) is 8.76. The number of aromatic nitrogens is 1. The number of halogens is 4. The van der Waals surface area contributed by atoms with Crippen LogP contribution in [0.3, 0.4) is 0 Å². The standard InChI is InChI=1S/C27H22F4N4O3S/c1-37-24-11-18(7-10-23(24)38-15-17-5-8-20(28)9-6-17)14-32-35-25(36)13-22-16-39-26(34-22)33-21-4-2-3-19(12-21)27(29,30)31/h2-12,14,16H,13,15H2,1H3,(H,33,34)(H,35,36)/b32-14-. The van der Waals surface area contributed by atoms with Gasteiger partial charge in [-0.1, -0.05) is 18.2 Å². The van der Waals surface area contributed by atoms with Crippen LogP contribution >= 0.6 is 11.3 Å². The molecule has 4 aromatic rings. The predicted octanol–water partition coefficient (Wildman–Crippen LogP) is 6.33. The normalized spacial score (nSPS) is 11.4. The Balaban J connectivity index is 1.29. The van der Waals surface area contributed by atoms with Gasteiger partial charge in [0, 0.05) is 11.1 Å². The van der Waals surface area contributed by atoms with Crippen LogP contribution in [0, 0.1) is 5.82 Å². The van der Waals surface area contributed by atoms with Crippen LogP contribution in [0.4, 0.5) is 28.4 Å². The van der Waals surface area contributed by atoms with E-state index >= 15 is 0 Å². The van der Waals surface area contributed by atoms with E-state index in [1.807, 2.05) is 0 Å². The van der Waals surface area contributed by atoms with Gasteiger partial charge in [0.05, 0.1) is 31.0 Å². The molecule has 0 radical (unpaired) electrons. The number of hydrazone groups is 1. The molecule has 2 N–H and O–H groups in total. The molecule has 12 heteroatoms. The van der Waals surface area contributed by atoms with Gasteiger partial charge in [-0.15, -0.1) is 11.3 Å². The second kappa shape index (κ2) is 12.4. The summed E-state index contributed by atoms with van der Waals surface area (Å²) < 4.78 is 62.9. The lowest BCUT2D eigenvalue weighted by Gasteiger charge is -2.11. The zero-order valence-corrected chi connectivity index (χ0v) is 21.3. The van der Waals surface area contributed by atoms with E-state index in [9.17, 15) is 22.4 Å². The minimum absolute atomic E-state index is 0.0718. The quantitative estimate of drug-likeness (QED) is 0.135. The van der Waals surface area contributed by atoms with E-state index in [4.69, 9.17) is 9.47 Å². The molecular formula is C27H22F4N4O3S. The van der Waals surface area contributed by atoms with Crippen molar-refractivity contribution in [2.24, 2.45) is 5.10 Å². The number of carbonyl (C=O) groups is 1. The zero-order chi connectivity index (χ0) is 27.8. The fraction of sp³-hybridized carbons (Fsp3) is 0.148. The minimum atomic E-state index is -4.45. The van der Waals surface area contributed by atoms with Crippen molar-refractivity contribution in [2.45, 2.75) is 19.2 Å². The number of hydrogen-bond acceptors (Lipinski definition) is 7. The number of nitrogens with zero attached hydrogens (tertiary/aromatic N) is 2. The smallest absolute Gasteiger partial charge is 0.416 e. The van der Waals surface area contributed by atoms with E-state index in [-0.39, 0.29) is 24.5 Å². The summed E-state index contributed by atoms with van der Waals surface area (Å²) >= 11 is 1.16. The highest BCUT2D eigenvalue weighted by atomic mass is 32.1. The maximum absolute atomic E-state index is 13.1. The number of alkyl halides is 3. The first kappa shape index (κ1) is 27.6. The molecule has 0 bridgehead atoms. The van der Waals surface area contributed by atoms with Gasteiger partial charge in [-0.2, -0.15) is 18.3 Å². The van der Waals surface area contributed by atoms with Crippen molar-refractivity contribution in [3.63, 3.8) is 0 Å². The maximum atomic E-state index is 13.1. The Morgan fingerprint density at radius 3 is 2.62 bits per heavy atom. The lowest BCUT2D eigenvalue weighted by atomic mass is 10.2. The molecule has 1 aromatic heterocycles. The molecule has 0 saturated heterocycles. The van der Waals surface area contributed by atoms with E-state index < -0.39 is 17.6 Å². The average Bonchev–Trinajstić information content (AvgIpc) is 3.34. The molecule has 3 aromatic carbocycles. The van der Waals surface area contributed by atoms with Crippen LogP contribution < -0.4 is 20.2 Å². The van der Waals surface area contributed by atoms with E-state index in [0.29, 0.717) is 27.9 Å². The van der Waals surface area contributed by atoms with Gasteiger partial charge >= 0.3 is 6.18 Å².